The van der Waals surface area contributed by atoms with E-state index in [-0.39, 0.29) is 29.5 Å². The summed E-state index contributed by atoms with van der Waals surface area (Å²) in [5, 5.41) is 2.79. The molecular weight excluding hydrogens is 316 g/mol. The van der Waals surface area contributed by atoms with Crippen LogP contribution in [0.5, 0.6) is 5.75 Å². The van der Waals surface area contributed by atoms with E-state index in [4.69, 9.17) is 4.74 Å². The van der Waals surface area contributed by atoms with E-state index in [2.05, 4.69) is 10.0 Å². The van der Waals surface area contributed by atoms with Crippen molar-refractivity contribution in [3.63, 3.8) is 0 Å². The molecule has 0 unspecified atom stereocenters. The molecule has 1 amide bonds. The number of benzene rings is 1. The Hall–Kier alpha value is -1.60. The van der Waals surface area contributed by atoms with Crippen LogP contribution in [0.2, 0.25) is 0 Å². The summed E-state index contributed by atoms with van der Waals surface area (Å²) >= 11 is 0. The number of carbonyl (C=O) groups is 1. The van der Waals surface area contributed by atoms with E-state index in [1.165, 1.54) is 12.1 Å². The molecule has 0 spiro atoms. The molecule has 0 saturated heterocycles. The van der Waals surface area contributed by atoms with Crippen LogP contribution in [0.3, 0.4) is 0 Å². The smallest absolute Gasteiger partial charge is 0.258 e. The summed E-state index contributed by atoms with van der Waals surface area (Å²) in [6.45, 7) is 7.53. The standard InChI is InChI=1S/C16H26N2O4S/c1-5-12(3)17-16(19)11-22-14-7-9-15(10-8-14)23(20,21)18-13(4)6-2/h7-10,12-13,18H,5-6,11H2,1-4H3,(H,17,19)/t12-,13+/m0/s1. The van der Waals surface area contributed by atoms with E-state index in [0.29, 0.717) is 12.2 Å². The normalized spacial score (nSPS) is 14.1. The zero-order valence-electron chi connectivity index (χ0n) is 14.1. The maximum absolute atomic E-state index is 12.1. The fourth-order valence-corrected chi connectivity index (χ4v) is 3.03. The molecule has 2 atom stereocenters. The Kier molecular flexibility index (Phi) is 7.51. The number of sulfonamides is 1. The molecule has 0 heterocycles. The van der Waals surface area contributed by atoms with Gasteiger partial charge in [0.05, 0.1) is 4.90 Å². The highest BCUT2D eigenvalue weighted by molar-refractivity contribution is 7.89. The molecule has 23 heavy (non-hydrogen) atoms. The summed E-state index contributed by atoms with van der Waals surface area (Å²) in [5.74, 6) is 0.251. The van der Waals surface area contributed by atoms with E-state index in [9.17, 15) is 13.2 Å². The summed E-state index contributed by atoms with van der Waals surface area (Å²) in [6, 6.07) is 5.99. The van der Waals surface area contributed by atoms with Crippen molar-refractivity contribution in [3.05, 3.63) is 24.3 Å². The summed E-state index contributed by atoms with van der Waals surface area (Å²) in [6.07, 6.45) is 1.56. The van der Waals surface area contributed by atoms with Crippen molar-refractivity contribution >= 4 is 15.9 Å². The van der Waals surface area contributed by atoms with Gasteiger partial charge < -0.3 is 10.1 Å². The van der Waals surface area contributed by atoms with Gasteiger partial charge in [-0.3, -0.25) is 4.79 Å². The lowest BCUT2D eigenvalue weighted by molar-refractivity contribution is -0.123. The molecule has 0 aliphatic carbocycles. The maximum Gasteiger partial charge on any atom is 0.258 e. The Morgan fingerprint density at radius 3 is 2.17 bits per heavy atom. The summed E-state index contributed by atoms with van der Waals surface area (Å²) in [5.41, 5.74) is 0. The molecule has 0 fully saturated rings. The maximum atomic E-state index is 12.1. The second-order valence-corrected chi connectivity index (χ2v) is 7.28. The number of carbonyl (C=O) groups excluding carboxylic acids is 1. The van der Waals surface area contributed by atoms with E-state index < -0.39 is 10.0 Å². The van der Waals surface area contributed by atoms with Gasteiger partial charge in [-0.1, -0.05) is 13.8 Å². The zero-order valence-corrected chi connectivity index (χ0v) is 14.9. The predicted molar refractivity (Wildman–Crippen MR) is 89.9 cm³/mol. The first-order valence-corrected chi connectivity index (χ1v) is 9.31. The van der Waals surface area contributed by atoms with Gasteiger partial charge in [-0.25, -0.2) is 13.1 Å². The van der Waals surface area contributed by atoms with Crippen molar-refractivity contribution in [1.82, 2.24) is 10.0 Å². The minimum absolute atomic E-state index is 0.0957. The van der Waals surface area contributed by atoms with Crippen molar-refractivity contribution in [3.8, 4) is 5.75 Å². The van der Waals surface area contributed by atoms with Crippen LogP contribution in [-0.2, 0) is 14.8 Å². The number of hydrogen-bond acceptors (Lipinski definition) is 4. The highest BCUT2D eigenvalue weighted by Gasteiger charge is 2.16. The van der Waals surface area contributed by atoms with Crippen molar-refractivity contribution in [2.24, 2.45) is 0 Å². The van der Waals surface area contributed by atoms with Gasteiger partial charge >= 0.3 is 0 Å². The quantitative estimate of drug-likeness (QED) is 0.719. The van der Waals surface area contributed by atoms with Crippen LogP contribution >= 0.6 is 0 Å². The van der Waals surface area contributed by atoms with E-state index >= 15 is 0 Å². The second-order valence-electron chi connectivity index (χ2n) is 5.57. The SMILES string of the molecule is CC[C@@H](C)NS(=O)(=O)c1ccc(OCC(=O)N[C@@H](C)CC)cc1. The Labute approximate surface area is 138 Å². The first-order valence-electron chi connectivity index (χ1n) is 7.83. The third-order valence-corrected chi connectivity index (χ3v) is 5.10. The molecule has 1 aromatic carbocycles. The average Bonchev–Trinajstić information content (AvgIpc) is 2.52. The fraction of sp³-hybridized carbons (Fsp3) is 0.562. The Morgan fingerprint density at radius 1 is 1.09 bits per heavy atom. The summed E-state index contributed by atoms with van der Waals surface area (Å²) < 4.78 is 32.2. The summed E-state index contributed by atoms with van der Waals surface area (Å²) in [7, 11) is -3.52. The molecule has 2 N–H and O–H groups in total. The van der Waals surface area contributed by atoms with E-state index in [0.717, 1.165) is 6.42 Å². The number of nitrogens with one attached hydrogen (secondary N) is 2. The van der Waals surface area contributed by atoms with Crippen LogP contribution in [0.25, 0.3) is 0 Å². The molecule has 0 saturated carbocycles. The molecule has 6 nitrogen and oxygen atoms in total. The molecule has 0 aromatic heterocycles. The van der Waals surface area contributed by atoms with Crippen LogP contribution in [0.4, 0.5) is 0 Å². The molecule has 0 radical (unpaired) electrons. The predicted octanol–water partition coefficient (Wildman–Crippen LogP) is 2.06. The minimum atomic E-state index is -3.52. The van der Waals surface area contributed by atoms with Gasteiger partial charge in [0.1, 0.15) is 5.75 Å². The largest absolute Gasteiger partial charge is 0.484 e. The van der Waals surface area contributed by atoms with Crippen molar-refractivity contribution < 1.29 is 17.9 Å². The zero-order chi connectivity index (χ0) is 17.5. The molecule has 0 bridgehead atoms. The highest BCUT2D eigenvalue weighted by Crippen LogP contribution is 2.16. The third kappa shape index (κ3) is 6.58. The number of amides is 1. The van der Waals surface area contributed by atoms with Gasteiger partial charge in [-0.05, 0) is 51.0 Å². The molecular formula is C16H26N2O4S. The van der Waals surface area contributed by atoms with Gasteiger partial charge in [-0.2, -0.15) is 0 Å². The van der Waals surface area contributed by atoms with Gasteiger partial charge in [0, 0.05) is 12.1 Å². The van der Waals surface area contributed by atoms with Gasteiger partial charge in [0.2, 0.25) is 10.0 Å². The highest BCUT2D eigenvalue weighted by atomic mass is 32.2. The van der Waals surface area contributed by atoms with Crippen molar-refractivity contribution in [2.75, 3.05) is 6.61 Å². The first kappa shape index (κ1) is 19.4. The number of hydrogen-bond donors (Lipinski definition) is 2. The molecule has 7 heteroatoms. The molecule has 0 aliphatic rings. The van der Waals surface area contributed by atoms with Gasteiger partial charge in [-0.15, -0.1) is 0 Å². The topological polar surface area (TPSA) is 84.5 Å². The van der Waals surface area contributed by atoms with Gasteiger partial charge in [0.15, 0.2) is 6.61 Å². The third-order valence-electron chi connectivity index (χ3n) is 3.49. The molecule has 130 valence electrons. The second kappa shape index (κ2) is 8.88. The average molecular weight is 342 g/mol. The fourth-order valence-electron chi connectivity index (χ4n) is 1.70. The number of rotatable bonds is 9. The summed E-state index contributed by atoms with van der Waals surface area (Å²) in [4.78, 5) is 11.8. The van der Waals surface area contributed by atoms with Crippen LogP contribution < -0.4 is 14.8 Å². The lowest BCUT2D eigenvalue weighted by atomic mass is 10.2. The van der Waals surface area contributed by atoms with Crippen LogP contribution in [-0.4, -0.2) is 33.0 Å². The van der Waals surface area contributed by atoms with Crippen molar-refractivity contribution in [2.45, 2.75) is 57.5 Å². The molecule has 1 aromatic rings. The van der Waals surface area contributed by atoms with Crippen LogP contribution in [0, 0.1) is 0 Å². The van der Waals surface area contributed by atoms with Gasteiger partial charge in [0.25, 0.3) is 5.91 Å². The Bertz CT molecular complexity index is 599. The Morgan fingerprint density at radius 2 is 1.65 bits per heavy atom. The first-order chi connectivity index (χ1) is 10.8. The monoisotopic (exact) mass is 342 g/mol. The van der Waals surface area contributed by atoms with E-state index in [1.54, 1.807) is 12.1 Å². The molecule has 0 aliphatic heterocycles. The Balaban J connectivity index is 2.61. The minimum Gasteiger partial charge on any atom is -0.484 e. The lowest BCUT2D eigenvalue weighted by Gasteiger charge is -2.13. The number of ether oxygens (including phenoxy) is 1. The van der Waals surface area contributed by atoms with E-state index in [1.807, 2.05) is 27.7 Å². The van der Waals surface area contributed by atoms with Crippen LogP contribution in [0.1, 0.15) is 40.5 Å². The lowest BCUT2D eigenvalue weighted by Crippen LogP contribution is -2.35. The molecule has 1 rings (SSSR count). The van der Waals surface area contributed by atoms with Crippen molar-refractivity contribution in [1.29, 1.82) is 0 Å². The van der Waals surface area contributed by atoms with Crippen LogP contribution in [0.15, 0.2) is 29.2 Å².